The fourth-order valence-electron chi connectivity index (χ4n) is 8.94. The zero-order chi connectivity index (χ0) is 21.0. The highest BCUT2D eigenvalue weighted by molar-refractivity contribution is 5.32. The third kappa shape index (κ3) is 3.45. The van der Waals surface area contributed by atoms with Crippen molar-refractivity contribution in [2.45, 2.75) is 98.5 Å². The minimum atomic E-state index is -0.248. The molecule has 3 fully saturated rings. The molecule has 0 amide bonds. The fourth-order valence-corrected chi connectivity index (χ4v) is 8.94. The highest BCUT2D eigenvalue weighted by Crippen LogP contribution is 2.68. The summed E-state index contributed by atoms with van der Waals surface area (Å²) in [6.45, 7) is 12.5. The molecule has 2 heteroatoms. The zero-order valence-electron chi connectivity index (χ0n) is 19.7. The van der Waals surface area contributed by atoms with Crippen LogP contribution in [0.25, 0.3) is 0 Å². The van der Waals surface area contributed by atoms with Crippen LogP contribution in [0.1, 0.15) is 92.4 Å². The topological polar surface area (TPSA) is 40.5 Å². The Bertz CT molecular complexity index is 624. The Kier molecular flexibility index (Phi) is 6.01. The Morgan fingerprint density at radius 3 is 2.45 bits per heavy atom. The summed E-state index contributed by atoms with van der Waals surface area (Å²) in [5.74, 6) is 4.47. The summed E-state index contributed by atoms with van der Waals surface area (Å²) < 4.78 is 0. The van der Waals surface area contributed by atoms with Crippen LogP contribution in [0.2, 0.25) is 0 Å². The molecular formula is C27H46O2. The quantitative estimate of drug-likeness (QED) is 0.518. The molecule has 166 valence electrons. The van der Waals surface area contributed by atoms with Crippen molar-refractivity contribution in [1.82, 2.24) is 0 Å². The Hall–Kier alpha value is -0.340. The normalized spacial score (nSPS) is 47.5. The number of fused-ring (bicyclic) bond motifs is 5. The van der Waals surface area contributed by atoms with Gasteiger partial charge in [-0.3, -0.25) is 0 Å². The van der Waals surface area contributed by atoms with E-state index in [1.54, 1.807) is 5.57 Å². The van der Waals surface area contributed by atoms with E-state index in [1.165, 1.54) is 57.8 Å². The van der Waals surface area contributed by atoms with E-state index in [1.807, 2.05) is 0 Å². The summed E-state index contributed by atoms with van der Waals surface area (Å²) in [6.07, 6.45) is 13.6. The molecule has 29 heavy (non-hydrogen) atoms. The molecule has 9 atom stereocenters. The van der Waals surface area contributed by atoms with Gasteiger partial charge in [0.2, 0.25) is 0 Å². The van der Waals surface area contributed by atoms with Crippen molar-refractivity contribution >= 4 is 0 Å². The molecule has 0 heterocycles. The maximum atomic E-state index is 11.2. The Labute approximate surface area is 179 Å². The standard InChI is InChI=1S/C27H46O2/c1-17(2)7-6-8-18(3)25-24(29)15-23-20-9-10-21-19(16-28)11-13-26(21,4)22(20)12-14-27(23,25)5/h15,17-22,24-25,28-29H,6-14,16H2,1-5H3/t18?,19-,20?,21?,22?,24?,25+,26+,27+/m1/s1. The number of aliphatic hydroxyl groups is 2. The van der Waals surface area contributed by atoms with Gasteiger partial charge in [-0.25, -0.2) is 0 Å². The second-order valence-electron chi connectivity index (χ2n) is 12.3. The van der Waals surface area contributed by atoms with Crippen molar-refractivity contribution < 1.29 is 10.2 Å². The average molecular weight is 403 g/mol. The first kappa shape index (κ1) is 21.9. The van der Waals surface area contributed by atoms with Gasteiger partial charge >= 0.3 is 0 Å². The molecule has 0 aromatic heterocycles. The minimum absolute atomic E-state index is 0.204. The van der Waals surface area contributed by atoms with Gasteiger partial charge in [0, 0.05) is 12.5 Å². The van der Waals surface area contributed by atoms with Gasteiger partial charge in [0.15, 0.2) is 0 Å². The van der Waals surface area contributed by atoms with Gasteiger partial charge in [-0.2, -0.15) is 0 Å². The highest BCUT2D eigenvalue weighted by atomic mass is 16.3. The lowest BCUT2D eigenvalue weighted by Crippen LogP contribution is -2.49. The fraction of sp³-hybridized carbons (Fsp3) is 0.926. The van der Waals surface area contributed by atoms with Crippen LogP contribution in [0.5, 0.6) is 0 Å². The summed E-state index contributed by atoms with van der Waals surface area (Å²) in [4.78, 5) is 0. The van der Waals surface area contributed by atoms with Gasteiger partial charge in [-0.15, -0.1) is 0 Å². The van der Waals surface area contributed by atoms with E-state index >= 15 is 0 Å². The SMILES string of the molecule is CC(C)CCCC(C)[C@H]1C(O)C=C2C3CCC4[C@@H](CO)CC[C@]4(C)C3CC[C@@]21C. The molecule has 4 aliphatic carbocycles. The molecule has 0 aliphatic heterocycles. The molecule has 2 N–H and O–H groups in total. The predicted molar refractivity (Wildman–Crippen MR) is 120 cm³/mol. The zero-order valence-corrected chi connectivity index (χ0v) is 19.7. The second-order valence-corrected chi connectivity index (χ2v) is 12.3. The number of allylic oxidation sites excluding steroid dienone is 1. The van der Waals surface area contributed by atoms with E-state index < -0.39 is 0 Å². The number of aliphatic hydroxyl groups excluding tert-OH is 2. The van der Waals surface area contributed by atoms with E-state index in [0.717, 1.165) is 17.8 Å². The van der Waals surface area contributed by atoms with Crippen molar-refractivity contribution in [3.8, 4) is 0 Å². The van der Waals surface area contributed by atoms with Gasteiger partial charge in [0.25, 0.3) is 0 Å². The van der Waals surface area contributed by atoms with Crippen molar-refractivity contribution in [3.05, 3.63) is 11.6 Å². The first-order chi connectivity index (χ1) is 13.7. The van der Waals surface area contributed by atoms with E-state index in [9.17, 15) is 10.2 Å². The summed E-state index contributed by atoms with van der Waals surface area (Å²) in [5.41, 5.74) is 2.24. The van der Waals surface area contributed by atoms with E-state index in [-0.39, 0.29) is 11.5 Å². The third-order valence-corrected chi connectivity index (χ3v) is 10.4. The maximum absolute atomic E-state index is 11.2. The van der Waals surface area contributed by atoms with Crippen LogP contribution in [0.15, 0.2) is 11.6 Å². The monoisotopic (exact) mass is 402 g/mol. The molecule has 0 bridgehead atoms. The second kappa shape index (κ2) is 7.97. The van der Waals surface area contributed by atoms with E-state index in [4.69, 9.17) is 0 Å². The van der Waals surface area contributed by atoms with Crippen molar-refractivity contribution in [2.75, 3.05) is 6.61 Å². The van der Waals surface area contributed by atoms with Gasteiger partial charge in [0.1, 0.15) is 0 Å². The largest absolute Gasteiger partial charge is 0.396 e. The average Bonchev–Trinajstić information content (AvgIpc) is 3.13. The molecule has 0 aromatic rings. The van der Waals surface area contributed by atoms with Crippen LogP contribution in [-0.2, 0) is 0 Å². The van der Waals surface area contributed by atoms with Gasteiger partial charge in [0.05, 0.1) is 6.10 Å². The number of rotatable bonds is 6. The van der Waals surface area contributed by atoms with Crippen LogP contribution in [0.4, 0.5) is 0 Å². The lowest BCUT2D eigenvalue weighted by atomic mass is 9.48. The summed E-state index contributed by atoms with van der Waals surface area (Å²) in [7, 11) is 0. The molecular weight excluding hydrogens is 356 g/mol. The lowest BCUT2D eigenvalue weighted by Gasteiger charge is -2.56. The van der Waals surface area contributed by atoms with Gasteiger partial charge in [-0.05, 0) is 84.9 Å². The Balaban J connectivity index is 1.52. The minimum Gasteiger partial charge on any atom is -0.396 e. The van der Waals surface area contributed by atoms with Crippen LogP contribution in [0, 0.1) is 52.3 Å². The van der Waals surface area contributed by atoms with Crippen molar-refractivity contribution in [3.63, 3.8) is 0 Å². The molecule has 0 aromatic carbocycles. The Morgan fingerprint density at radius 1 is 1.00 bits per heavy atom. The van der Waals surface area contributed by atoms with Gasteiger partial charge in [-0.1, -0.05) is 65.5 Å². The van der Waals surface area contributed by atoms with Crippen LogP contribution in [0.3, 0.4) is 0 Å². The number of hydrogen-bond donors (Lipinski definition) is 2. The Morgan fingerprint density at radius 2 is 1.76 bits per heavy atom. The third-order valence-electron chi connectivity index (χ3n) is 10.4. The molecule has 0 radical (unpaired) electrons. The van der Waals surface area contributed by atoms with Crippen molar-refractivity contribution in [2.24, 2.45) is 52.3 Å². The predicted octanol–water partition coefficient (Wildman–Crippen LogP) is 6.22. The molecule has 3 saturated carbocycles. The molecule has 2 nitrogen and oxygen atoms in total. The highest BCUT2D eigenvalue weighted by Gasteiger charge is 2.60. The molecule has 5 unspecified atom stereocenters. The summed E-state index contributed by atoms with van der Waals surface area (Å²) in [6, 6.07) is 0. The first-order valence-electron chi connectivity index (χ1n) is 12.7. The molecule has 4 aliphatic rings. The van der Waals surface area contributed by atoms with E-state index in [2.05, 4.69) is 40.7 Å². The smallest absolute Gasteiger partial charge is 0.0762 e. The summed E-state index contributed by atoms with van der Waals surface area (Å²) >= 11 is 0. The van der Waals surface area contributed by atoms with E-state index in [0.29, 0.717) is 35.7 Å². The lowest BCUT2D eigenvalue weighted by molar-refractivity contribution is -0.0422. The van der Waals surface area contributed by atoms with Crippen LogP contribution >= 0.6 is 0 Å². The van der Waals surface area contributed by atoms with Crippen LogP contribution in [-0.4, -0.2) is 22.9 Å². The van der Waals surface area contributed by atoms with Crippen molar-refractivity contribution in [1.29, 1.82) is 0 Å². The molecule has 0 saturated heterocycles. The van der Waals surface area contributed by atoms with Gasteiger partial charge < -0.3 is 10.2 Å². The summed E-state index contributed by atoms with van der Waals surface area (Å²) in [5, 5.41) is 21.1. The van der Waals surface area contributed by atoms with Crippen LogP contribution < -0.4 is 0 Å². The first-order valence-corrected chi connectivity index (χ1v) is 12.7. The molecule has 4 rings (SSSR count). The maximum Gasteiger partial charge on any atom is 0.0762 e. The molecule has 0 spiro atoms. The number of hydrogen-bond acceptors (Lipinski definition) is 2.